The van der Waals surface area contributed by atoms with Crippen LogP contribution in [0.25, 0.3) is 0 Å². The Bertz CT molecular complexity index is 496. The van der Waals surface area contributed by atoms with Crippen molar-refractivity contribution in [1.82, 2.24) is 5.32 Å². The maximum Gasteiger partial charge on any atom is 0.408 e. The van der Waals surface area contributed by atoms with E-state index in [1.54, 1.807) is 45.0 Å². The van der Waals surface area contributed by atoms with Crippen LogP contribution in [0.2, 0.25) is 5.02 Å². The summed E-state index contributed by atoms with van der Waals surface area (Å²) in [4.78, 5) is 22.5. The van der Waals surface area contributed by atoms with E-state index in [9.17, 15) is 14.7 Å². The first-order valence-electron chi connectivity index (χ1n) is 6.12. The van der Waals surface area contributed by atoms with Gasteiger partial charge in [-0.05, 0) is 38.5 Å². The van der Waals surface area contributed by atoms with E-state index in [1.807, 2.05) is 0 Å². The van der Waals surface area contributed by atoms with E-state index in [4.69, 9.17) is 16.3 Å². The lowest BCUT2D eigenvalue weighted by molar-refractivity contribution is -0.306. The molecule has 0 aliphatic rings. The molecule has 5 nitrogen and oxygen atoms in total. The molecule has 0 saturated carbocycles. The number of ether oxygens (including phenoxy) is 1. The zero-order valence-corrected chi connectivity index (χ0v) is 12.4. The molecule has 1 rings (SSSR count). The molecule has 0 bridgehead atoms. The van der Waals surface area contributed by atoms with Gasteiger partial charge in [0.05, 0.1) is 6.04 Å². The van der Waals surface area contributed by atoms with Crippen molar-refractivity contribution in [3.63, 3.8) is 0 Å². The van der Waals surface area contributed by atoms with Crippen LogP contribution in [0.5, 0.6) is 0 Å². The summed E-state index contributed by atoms with van der Waals surface area (Å²) in [6.45, 7) is 5.17. The lowest BCUT2D eigenvalue weighted by atomic mass is 10.0. The molecule has 0 radical (unpaired) electrons. The van der Waals surface area contributed by atoms with Gasteiger partial charge < -0.3 is 20.0 Å². The Labute approximate surface area is 122 Å². The lowest BCUT2D eigenvalue weighted by Crippen LogP contribution is -2.37. The number of carbonyl (C=O) groups excluding carboxylic acids is 2. The first kappa shape index (κ1) is 16.3. The van der Waals surface area contributed by atoms with Crippen molar-refractivity contribution in [2.45, 2.75) is 38.8 Å². The highest BCUT2D eigenvalue weighted by Crippen LogP contribution is 2.21. The standard InChI is InChI=1S/C14H18ClNO4/c1-14(2,3)20-13(19)16-11(8-12(17)18)9-5-4-6-10(15)7-9/h4-7,11H,8H2,1-3H3,(H,16,19)(H,17,18)/p-1/t11-/m1/s1. The first-order valence-corrected chi connectivity index (χ1v) is 6.50. The minimum Gasteiger partial charge on any atom is -0.550 e. The number of nitrogens with one attached hydrogen (secondary N) is 1. The van der Waals surface area contributed by atoms with Crippen molar-refractivity contribution in [2.75, 3.05) is 0 Å². The fourth-order valence-electron chi connectivity index (χ4n) is 1.59. The number of amides is 1. The van der Waals surface area contributed by atoms with Crippen molar-refractivity contribution < 1.29 is 19.4 Å². The minimum absolute atomic E-state index is 0.362. The third kappa shape index (κ3) is 5.93. The molecule has 0 spiro atoms. The number of benzene rings is 1. The quantitative estimate of drug-likeness (QED) is 0.922. The average Bonchev–Trinajstić information content (AvgIpc) is 2.24. The van der Waals surface area contributed by atoms with Gasteiger partial charge in [0.1, 0.15) is 5.60 Å². The van der Waals surface area contributed by atoms with Gasteiger partial charge in [-0.1, -0.05) is 23.7 Å². The number of hydrogen-bond donors (Lipinski definition) is 1. The number of rotatable bonds is 4. The van der Waals surface area contributed by atoms with E-state index in [-0.39, 0.29) is 6.42 Å². The van der Waals surface area contributed by atoms with Crippen LogP contribution in [0.4, 0.5) is 4.79 Å². The number of carboxylic acids is 1. The largest absolute Gasteiger partial charge is 0.550 e. The molecule has 6 heteroatoms. The Balaban J connectivity index is 2.85. The number of hydrogen-bond acceptors (Lipinski definition) is 4. The second-order valence-corrected chi connectivity index (χ2v) is 5.77. The molecule has 0 heterocycles. The van der Waals surface area contributed by atoms with Crippen molar-refractivity contribution >= 4 is 23.7 Å². The Hall–Kier alpha value is -1.75. The number of alkyl carbamates (subject to hydrolysis) is 1. The summed E-state index contributed by atoms with van der Waals surface area (Å²) >= 11 is 5.86. The molecular formula is C14H17ClNO4-. The summed E-state index contributed by atoms with van der Waals surface area (Å²) in [5, 5.41) is 13.8. The van der Waals surface area contributed by atoms with Crippen LogP contribution in [0, 0.1) is 0 Å². The molecule has 0 aliphatic heterocycles. The maximum absolute atomic E-state index is 11.7. The molecule has 20 heavy (non-hydrogen) atoms. The molecule has 1 aromatic rings. The summed E-state index contributed by atoms with van der Waals surface area (Å²) in [5.41, 5.74) is -0.0858. The van der Waals surface area contributed by atoms with Crippen molar-refractivity contribution in [1.29, 1.82) is 0 Å². The molecule has 0 aromatic heterocycles. The molecule has 1 aromatic carbocycles. The van der Waals surface area contributed by atoms with Crippen LogP contribution in [0.1, 0.15) is 38.8 Å². The van der Waals surface area contributed by atoms with E-state index in [0.717, 1.165) is 0 Å². The SMILES string of the molecule is CC(C)(C)OC(=O)N[C@H](CC(=O)[O-])c1cccc(Cl)c1. The average molecular weight is 299 g/mol. The predicted molar refractivity (Wildman–Crippen MR) is 73.2 cm³/mol. The summed E-state index contributed by atoms with van der Waals surface area (Å²) in [5.74, 6) is -1.27. The third-order valence-electron chi connectivity index (χ3n) is 2.31. The molecule has 0 aliphatic carbocycles. The molecule has 0 unspecified atom stereocenters. The molecule has 1 amide bonds. The van der Waals surface area contributed by atoms with Crippen LogP contribution < -0.4 is 10.4 Å². The topological polar surface area (TPSA) is 78.5 Å². The molecule has 1 N–H and O–H groups in total. The fourth-order valence-corrected chi connectivity index (χ4v) is 1.79. The smallest absolute Gasteiger partial charge is 0.408 e. The van der Waals surface area contributed by atoms with E-state index >= 15 is 0 Å². The van der Waals surface area contributed by atoms with E-state index in [2.05, 4.69) is 5.32 Å². The van der Waals surface area contributed by atoms with Crippen LogP contribution in [0.15, 0.2) is 24.3 Å². The summed E-state index contributed by atoms with van der Waals surface area (Å²) < 4.78 is 5.11. The van der Waals surface area contributed by atoms with Gasteiger partial charge >= 0.3 is 6.09 Å². The molecule has 110 valence electrons. The second kappa shape index (κ2) is 6.61. The maximum atomic E-state index is 11.7. The number of aliphatic carboxylic acids is 1. The van der Waals surface area contributed by atoms with E-state index < -0.39 is 23.7 Å². The summed E-state index contributed by atoms with van der Waals surface area (Å²) in [6.07, 6.45) is -1.05. The van der Waals surface area contributed by atoms with Gasteiger partial charge in [0, 0.05) is 17.4 Å². The second-order valence-electron chi connectivity index (χ2n) is 5.33. The number of halogens is 1. The predicted octanol–water partition coefficient (Wildman–Crippen LogP) is 2.05. The number of carbonyl (C=O) groups is 2. The highest BCUT2D eigenvalue weighted by Gasteiger charge is 2.20. The van der Waals surface area contributed by atoms with Gasteiger partial charge in [0.15, 0.2) is 0 Å². The van der Waals surface area contributed by atoms with Crippen molar-refractivity contribution in [3.8, 4) is 0 Å². The fraction of sp³-hybridized carbons (Fsp3) is 0.429. The molecule has 1 atom stereocenters. The molecule has 0 fully saturated rings. The first-order chi connectivity index (χ1) is 9.17. The van der Waals surface area contributed by atoms with Crippen LogP contribution >= 0.6 is 11.6 Å². The minimum atomic E-state index is -1.27. The van der Waals surface area contributed by atoms with Crippen molar-refractivity contribution in [3.05, 3.63) is 34.9 Å². The Morgan fingerprint density at radius 3 is 2.55 bits per heavy atom. The Kier molecular flexibility index (Phi) is 5.39. The van der Waals surface area contributed by atoms with Gasteiger partial charge in [0.25, 0.3) is 0 Å². The van der Waals surface area contributed by atoms with Gasteiger partial charge in [-0.2, -0.15) is 0 Å². The van der Waals surface area contributed by atoms with Gasteiger partial charge in [-0.25, -0.2) is 4.79 Å². The highest BCUT2D eigenvalue weighted by molar-refractivity contribution is 6.30. The number of carboxylic acid groups (broad SMARTS) is 1. The lowest BCUT2D eigenvalue weighted by Gasteiger charge is -2.24. The highest BCUT2D eigenvalue weighted by atomic mass is 35.5. The molecule has 0 saturated heterocycles. The van der Waals surface area contributed by atoms with E-state index in [1.165, 1.54) is 0 Å². The summed E-state index contributed by atoms with van der Waals surface area (Å²) in [7, 11) is 0. The Morgan fingerprint density at radius 1 is 1.40 bits per heavy atom. The molecular weight excluding hydrogens is 282 g/mol. The van der Waals surface area contributed by atoms with Gasteiger partial charge in [-0.15, -0.1) is 0 Å². The zero-order valence-electron chi connectivity index (χ0n) is 11.6. The van der Waals surface area contributed by atoms with Crippen molar-refractivity contribution in [2.24, 2.45) is 0 Å². The van der Waals surface area contributed by atoms with E-state index in [0.29, 0.717) is 10.6 Å². The van der Waals surface area contributed by atoms with Gasteiger partial charge in [0.2, 0.25) is 0 Å². The van der Waals surface area contributed by atoms with Gasteiger partial charge in [-0.3, -0.25) is 0 Å². The monoisotopic (exact) mass is 298 g/mol. The Morgan fingerprint density at radius 2 is 2.05 bits per heavy atom. The third-order valence-corrected chi connectivity index (χ3v) is 2.55. The van der Waals surface area contributed by atoms with Crippen LogP contribution in [-0.2, 0) is 9.53 Å². The van der Waals surface area contributed by atoms with Crippen LogP contribution in [-0.4, -0.2) is 17.7 Å². The zero-order chi connectivity index (χ0) is 15.3. The normalized spacial score (nSPS) is 12.6. The summed E-state index contributed by atoms with van der Waals surface area (Å²) in [6, 6.07) is 5.85. The van der Waals surface area contributed by atoms with Crippen LogP contribution in [0.3, 0.4) is 0 Å².